The number of aliphatic carboxylic acids is 1. The molecular weight excluding hydrogens is 711 g/mol. The second-order valence-corrected chi connectivity index (χ2v) is 17.4. The predicted octanol–water partition coefficient (Wildman–Crippen LogP) is 5.84. The van der Waals surface area contributed by atoms with Crippen LogP contribution in [-0.2, 0) is 40.1 Å². The van der Waals surface area contributed by atoms with Gasteiger partial charge in [0.1, 0.15) is 17.2 Å². The zero-order valence-electron chi connectivity index (χ0n) is 29.5. The molecule has 274 valence electrons. The summed E-state index contributed by atoms with van der Waals surface area (Å²) in [6.45, 7) is 12.1. The molecule has 13 nitrogen and oxygen atoms in total. The fourth-order valence-electron chi connectivity index (χ4n) is 4.87. The number of ether oxygens (including phenoxy) is 2. The molecule has 0 aliphatic rings. The van der Waals surface area contributed by atoms with Gasteiger partial charge in [-0.05, 0) is 71.8 Å². The molecule has 0 aliphatic carbocycles. The molecule has 3 aromatic rings. The van der Waals surface area contributed by atoms with Crippen molar-refractivity contribution in [3.63, 3.8) is 0 Å². The molecule has 2 unspecified atom stereocenters. The minimum Gasteiger partial charge on any atom is -0.506 e. The molecule has 0 fully saturated rings. The number of carbonyl (C=O) groups excluding carboxylic acids is 1. The quantitative estimate of drug-likeness (QED) is 0.147. The lowest BCUT2D eigenvalue weighted by Crippen LogP contribution is -2.50. The highest BCUT2D eigenvalue weighted by Crippen LogP contribution is 2.37. The van der Waals surface area contributed by atoms with Gasteiger partial charge >= 0.3 is 5.97 Å². The van der Waals surface area contributed by atoms with Crippen LogP contribution in [0.4, 0.5) is 5.69 Å². The van der Waals surface area contributed by atoms with Gasteiger partial charge in [-0.15, -0.1) is 0 Å². The van der Waals surface area contributed by atoms with Gasteiger partial charge < -0.3 is 25.0 Å². The van der Waals surface area contributed by atoms with Crippen LogP contribution in [0.2, 0.25) is 0 Å². The van der Waals surface area contributed by atoms with Gasteiger partial charge in [0.15, 0.2) is 0 Å². The van der Waals surface area contributed by atoms with E-state index >= 15 is 0 Å². The number of phenolic OH excluding ortho intramolecular Hbond substituents is 1. The van der Waals surface area contributed by atoms with Gasteiger partial charge in [0, 0.05) is 34.1 Å². The molecule has 52 heavy (non-hydrogen) atoms. The summed E-state index contributed by atoms with van der Waals surface area (Å²) in [5, 5.41) is 42.7. The smallest absolute Gasteiger partial charge is 0.349 e. The van der Waals surface area contributed by atoms with Gasteiger partial charge in [-0.25, -0.2) is 21.6 Å². The van der Waals surface area contributed by atoms with Crippen molar-refractivity contribution in [3.05, 3.63) is 94.3 Å². The summed E-state index contributed by atoms with van der Waals surface area (Å²) in [5.74, 6) is -3.19. The molecule has 0 saturated heterocycles. The van der Waals surface area contributed by atoms with Crippen LogP contribution in [0.1, 0.15) is 58.2 Å². The molecule has 3 rings (SSSR count). The SMILES string of the molecule is Cc1ccc(O)c(NC(=O)C(Oc2ccc(S(=O)(=O)C=CC#N)cc2C(C)(C)C)C(Oc2ccc(S(=O)(=O)C=CC#N)cc2C(C)(C)C)C(=O)O)c1. The number of hydrogen-bond donors (Lipinski definition) is 3. The summed E-state index contributed by atoms with van der Waals surface area (Å²) in [7, 11) is -8.14. The molecule has 0 aromatic heterocycles. The molecule has 0 saturated carbocycles. The minimum atomic E-state index is -4.07. The number of nitrogens with one attached hydrogen (secondary N) is 1. The number of nitriles is 2. The van der Waals surface area contributed by atoms with E-state index in [-0.39, 0.29) is 43.9 Å². The molecule has 2 atom stereocenters. The lowest BCUT2D eigenvalue weighted by molar-refractivity contribution is -0.153. The number of sulfone groups is 2. The van der Waals surface area contributed by atoms with Gasteiger partial charge in [0.05, 0.1) is 27.6 Å². The highest BCUT2D eigenvalue weighted by molar-refractivity contribution is 7.94. The van der Waals surface area contributed by atoms with Gasteiger partial charge in [0.25, 0.3) is 5.91 Å². The Hall–Kier alpha value is -5.64. The molecule has 3 aromatic carbocycles. The average molecular weight is 750 g/mol. The van der Waals surface area contributed by atoms with E-state index < -0.39 is 54.6 Å². The number of phenols is 1. The lowest BCUT2D eigenvalue weighted by atomic mass is 9.86. The summed E-state index contributed by atoms with van der Waals surface area (Å²) in [6.07, 6.45) is -2.50. The standard InChI is InChI=1S/C37H39N3O10S2/c1-23-10-13-29(41)28(20-23)40-34(42)32(49-30-14-11-24(21-26(30)36(2,3)4)51(45,46)18-8-16-38)33(35(43)44)50-31-15-12-25(22-27(31)37(5,6)7)52(47,48)19-9-17-39/h8-15,18-22,32-33,41H,1-7H3,(H,40,42)(H,43,44). The van der Waals surface area contributed by atoms with Crippen molar-refractivity contribution >= 4 is 37.2 Å². The number of rotatable bonds is 12. The summed E-state index contributed by atoms with van der Waals surface area (Å²) in [5.41, 5.74) is -0.570. The van der Waals surface area contributed by atoms with Gasteiger partial charge in [-0.1, -0.05) is 47.6 Å². The third kappa shape index (κ3) is 9.99. The van der Waals surface area contributed by atoms with E-state index in [0.29, 0.717) is 5.56 Å². The number of hydrogen-bond acceptors (Lipinski definition) is 11. The fourth-order valence-corrected chi connectivity index (χ4v) is 6.74. The average Bonchev–Trinajstić information content (AvgIpc) is 3.05. The van der Waals surface area contributed by atoms with Crippen LogP contribution in [0.15, 0.2) is 87.4 Å². The summed E-state index contributed by atoms with van der Waals surface area (Å²) in [6, 6.07) is 15.0. The number of nitrogens with zero attached hydrogens (tertiary/aromatic N) is 2. The Kier molecular flexibility index (Phi) is 12.3. The molecule has 0 spiro atoms. The first kappa shape index (κ1) is 40.8. The number of anilines is 1. The maximum absolute atomic E-state index is 14.1. The third-order valence-electron chi connectivity index (χ3n) is 7.51. The normalized spacial score (nSPS) is 13.6. The third-order valence-corrected chi connectivity index (χ3v) is 10.3. The molecule has 0 aliphatic heterocycles. The van der Waals surface area contributed by atoms with E-state index in [4.69, 9.17) is 20.0 Å². The number of allylic oxidation sites excluding steroid dienone is 2. The Bertz CT molecular complexity index is 2230. The Morgan fingerprint density at radius 2 is 1.19 bits per heavy atom. The Morgan fingerprint density at radius 3 is 1.60 bits per heavy atom. The predicted molar refractivity (Wildman–Crippen MR) is 192 cm³/mol. The van der Waals surface area contributed by atoms with Crippen LogP contribution < -0.4 is 14.8 Å². The van der Waals surface area contributed by atoms with Crippen molar-refractivity contribution in [1.82, 2.24) is 0 Å². The summed E-state index contributed by atoms with van der Waals surface area (Å²) >= 11 is 0. The maximum Gasteiger partial charge on any atom is 0.349 e. The van der Waals surface area contributed by atoms with Crippen LogP contribution in [-0.4, -0.2) is 51.1 Å². The van der Waals surface area contributed by atoms with Crippen LogP contribution in [0.5, 0.6) is 17.2 Å². The second-order valence-electron chi connectivity index (χ2n) is 13.7. The van der Waals surface area contributed by atoms with Crippen molar-refractivity contribution < 1.29 is 46.1 Å². The largest absolute Gasteiger partial charge is 0.506 e. The molecule has 3 N–H and O–H groups in total. The fraction of sp³-hybridized carbons (Fsp3) is 0.297. The monoisotopic (exact) mass is 749 g/mol. The minimum absolute atomic E-state index is 0.0557. The van der Waals surface area contributed by atoms with Gasteiger partial charge in [0.2, 0.25) is 31.9 Å². The first-order chi connectivity index (χ1) is 24.0. The number of carboxylic acids is 1. The van der Waals surface area contributed by atoms with E-state index in [1.807, 2.05) is 0 Å². The number of carboxylic acid groups (broad SMARTS) is 1. The van der Waals surface area contributed by atoms with Crippen LogP contribution in [0.25, 0.3) is 0 Å². The molecule has 0 radical (unpaired) electrons. The highest BCUT2D eigenvalue weighted by atomic mass is 32.2. The molecular formula is C37H39N3O10S2. The number of aromatic hydroxyl groups is 1. The topological polar surface area (TPSA) is 221 Å². The molecule has 1 amide bonds. The van der Waals surface area contributed by atoms with Crippen molar-refractivity contribution in [2.24, 2.45) is 0 Å². The van der Waals surface area contributed by atoms with Crippen LogP contribution >= 0.6 is 0 Å². The van der Waals surface area contributed by atoms with Crippen molar-refractivity contribution in [2.45, 2.75) is 81.3 Å². The Morgan fingerprint density at radius 1 is 0.750 bits per heavy atom. The van der Waals surface area contributed by atoms with Crippen molar-refractivity contribution in [3.8, 4) is 29.4 Å². The van der Waals surface area contributed by atoms with E-state index in [1.54, 1.807) is 66.7 Å². The highest BCUT2D eigenvalue weighted by Gasteiger charge is 2.41. The number of carbonyl (C=O) groups is 2. The van der Waals surface area contributed by atoms with Crippen molar-refractivity contribution in [1.29, 1.82) is 10.5 Å². The number of benzene rings is 3. The number of aryl methyl sites for hydroxylation is 1. The van der Waals surface area contributed by atoms with Gasteiger partial charge in [-0.2, -0.15) is 10.5 Å². The van der Waals surface area contributed by atoms with E-state index in [2.05, 4.69) is 5.32 Å². The summed E-state index contributed by atoms with van der Waals surface area (Å²) in [4.78, 5) is 26.7. The van der Waals surface area contributed by atoms with Gasteiger partial charge in [-0.3, -0.25) is 4.79 Å². The molecule has 0 heterocycles. The second kappa shape index (κ2) is 15.7. The zero-order valence-corrected chi connectivity index (χ0v) is 31.2. The molecule has 15 heteroatoms. The Labute approximate surface area is 303 Å². The zero-order chi connectivity index (χ0) is 39.2. The number of amides is 1. The Balaban J connectivity index is 2.26. The van der Waals surface area contributed by atoms with E-state index in [0.717, 1.165) is 23.0 Å². The van der Waals surface area contributed by atoms with Crippen molar-refractivity contribution in [2.75, 3.05) is 5.32 Å². The summed E-state index contributed by atoms with van der Waals surface area (Å²) < 4.78 is 63.7. The first-order valence-corrected chi connectivity index (χ1v) is 18.7. The van der Waals surface area contributed by atoms with E-state index in [1.165, 1.54) is 48.5 Å². The first-order valence-electron chi connectivity index (χ1n) is 15.6. The van der Waals surface area contributed by atoms with Crippen LogP contribution in [0, 0.1) is 29.6 Å². The molecule has 0 bridgehead atoms. The van der Waals surface area contributed by atoms with Crippen LogP contribution in [0.3, 0.4) is 0 Å². The lowest BCUT2D eigenvalue weighted by Gasteiger charge is -2.30. The van der Waals surface area contributed by atoms with E-state index in [9.17, 15) is 36.6 Å². The maximum atomic E-state index is 14.1.